The van der Waals surface area contributed by atoms with Gasteiger partial charge in [0.05, 0.1) is 46.0 Å². The number of likely N-dealkylation sites (N-methyl/N-ethyl adjacent to an activating group) is 1. The Morgan fingerprint density at radius 2 is 1.95 bits per heavy atom. The molecule has 2 aromatic rings. The lowest BCUT2D eigenvalue weighted by atomic mass is 10.1. The number of ether oxygens (including phenoxy) is 1. The predicted octanol–water partition coefficient (Wildman–Crippen LogP) is 2.46. The van der Waals surface area contributed by atoms with Crippen LogP contribution in [0.3, 0.4) is 0 Å². The van der Waals surface area contributed by atoms with Gasteiger partial charge in [-0.3, -0.25) is 9.88 Å². The Kier molecular flexibility index (Phi) is 3.61. The molecule has 2 saturated heterocycles. The van der Waals surface area contributed by atoms with Gasteiger partial charge in [-0.25, -0.2) is 4.98 Å². The number of anilines is 1. The number of nitrogens with zero attached hydrogens (tertiary/aromatic N) is 4. The Morgan fingerprint density at radius 3 is 2.73 bits per heavy atom. The molecule has 0 amide bonds. The van der Waals surface area contributed by atoms with Gasteiger partial charge < -0.3 is 9.64 Å². The zero-order chi connectivity index (χ0) is 15.3. The van der Waals surface area contributed by atoms with E-state index < -0.39 is 0 Å². The minimum absolute atomic E-state index is 0.241. The fraction of sp³-hybridized carbons (Fsp3) is 0.467. The molecule has 3 heterocycles. The molecule has 1 aromatic heterocycles. The first-order chi connectivity index (χ1) is 10.6. The standard InChI is InChI=1S/C15H16Cl2N4O/c1-20-2-3-22-14-8-21(7-13(14)20)15-6-18-11-4-9(16)10(17)5-12(11)19-15/h4-6,13-14H,2-3,7-8H2,1H3/t13-,14+/m0/s1. The first-order valence-electron chi connectivity index (χ1n) is 7.30. The summed E-state index contributed by atoms with van der Waals surface area (Å²) >= 11 is 12.1. The SMILES string of the molecule is CN1CCO[C@@H]2CN(c3cnc4cc(Cl)c(Cl)cc4n3)C[C@@H]21. The number of aromatic nitrogens is 2. The maximum atomic E-state index is 6.08. The summed E-state index contributed by atoms with van der Waals surface area (Å²) in [4.78, 5) is 13.7. The molecule has 0 saturated carbocycles. The van der Waals surface area contributed by atoms with Crippen molar-refractivity contribution in [1.82, 2.24) is 14.9 Å². The summed E-state index contributed by atoms with van der Waals surface area (Å²) in [6.45, 7) is 3.52. The van der Waals surface area contributed by atoms with Crippen LogP contribution in [-0.2, 0) is 4.74 Å². The lowest BCUT2D eigenvalue weighted by Crippen LogP contribution is -2.48. The molecular weight excluding hydrogens is 323 g/mol. The van der Waals surface area contributed by atoms with Gasteiger partial charge in [0.1, 0.15) is 5.82 Å². The Hall–Kier alpha value is -1.14. The van der Waals surface area contributed by atoms with Crippen molar-refractivity contribution in [2.75, 3.05) is 38.2 Å². The first-order valence-corrected chi connectivity index (χ1v) is 8.06. The number of halogens is 2. The third-order valence-corrected chi connectivity index (χ3v) is 5.20. The van der Waals surface area contributed by atoms with Crippen LogP contribution in [0.1, 0.15) is 0 Å². The van der Waals surface area contributed by atoms with Crippen LogP contribution in [0.5, 0.6) is 0 Å². The fourth-order valence-electron chi connectivity index (χ4n) is 3.20. The monoisotopic (exact) mass is 338 g/mol. The summed E-state index contributed by atoms with van der Waals surface area (Å²) in [6, 6.07) is 3.93. The van der Waals surface area contributed by atoms with Crippen LogP contribution in [0.25, 0.3) is 11.0 Å². The minimum Gasteiger partial charge on any atom is -0.373 e. The van der Waals surface area contributed by atoms with Crippen molar-refractivity contribution in [3.05, 3.63) is 28.4 Å². The highest BCUT2D eigenvalue weighted by molar-refractivity contribution is 6.42. The summed E-state index contributed by atoms with van der Waals surface area (Å²) < 4.78 is 5.88. The van der Waals surface area contributed by atoms with Crippen LogP contribution in [0.15, 0.2) is 18.3 Å². The largest absolute Gasteiger partial charge is 0.373 e. The van der Waals surface area contributed by atoms with Gasteiger partial charge in [-0.1, -0.05) is 23.2 Å². The molecule has 0 N–H and O–H groups in total. The quantitative estimate of drug-likeness (QED) is 0.798. The van der Waals surface area contributed by atoms with E-state index in [2.05, 4.69) is 26.8 Å². The van der Waals surface area contributed by atoms with Gasteiger partial charge >= 0.3 is 0 Å². The Morgan fingerprint density at radius 1 is 1.18 bits per heavy atom. The normalized spacial score (nSPS) is 25.7. The van der Waals surface area contributed by atoms with E-state index in [1.807, 2.05) is 0 Å². The lowest BCUT2D eigenvalue weighted by molar-refractivity contribution is -0.0362. The average molecular weight is 339 g/mol. The van der Waals surface area contributed by atoms with Crippen LogP contribution in [0.4, 0.5) is 5.82 Å². The van der Waals surface area contributed by atoms with E-state index in [1.54, 1.807) is 18.3 Å². The van der Waals surface area contributed by atoms with Crippen LogP contribution < -0.4 is 4.90 Å². The van der Waals surface area contributed by atoms with Crippen LogP contribution in [0, 0.1) is 0 Å². The molecular formula is C15H16Cl2N4O. The Balaban J connectivity index is 1.65. The molecule has 2 aliphatic heterocycles. The van der Waals surface area contributed by atoms with Gasteiger partial charge in [0.15, 0.2) is 0 Å². The zero-order valence-corrected chi connectivity index (χ0v) is 13.7. The molecule has 2 aliphatic rings. The molecule has 0 radical (unpaired) electrons. The van der Waals surface area contributed by atoms with Crippen molar-refractivity contribution < 1.29 is 4.74 Å². The molecule has 2 atom stereocenters. The molecule has 1 aromatic carbocycles. The molecule has 4 rings (SSSR count). The van der Waals surface area contributed by atoms with Crippen LogP contribution in [-0.4, -0.2) is 60.3 Å². The van der Waals surface area contributed by atoms with Gasteiger partial charge in [-0.05, 0) is 19.2 Å². The Bertz CT molecular complexity index is 726. The number of rotatable bonds is 1. The second-order valence-corrected chi connectivity index (χ2v) is 6.66. The Labute approximate surface area is 138 Å². The average Bonchev–Trinajstić information content (AvgIpc) is 2.94. The molecule has 0 spiro atoms. The van der Waals surface area contributed by atoms with Crippen LogP contribution in [0.2, 0.25) is 10.0 Å². The molecule has 7 heteroatoms. The van der Waals surface area contributed by atoms with Gasteiger partial charge in [0.25, 0.3) is 0 Å². The lowest BCUT2D eigenvalue weighted by Gasteiger charge is -2.33. The fourth-order valence-corrected chi connectivity index (χ4v) is 3.51. The van der Waals surface area contributed by atoms with Gasteiger partial charge in [0.2, 0.25) is 0 Å². The summed E-state index contributed by atoms with van der Waals surface area (Å²) in [5, 5.41) is 0.997. The maximum absolute atomic E-state index is 6.08. The number of hydrogen-bond acceptors (Lipinski definition) is 5. The highest BCUT2D eigenvalue weighted by atomic mass is 35.5. The van der Waals surface area contributed by atoms with Crippen LogP contribution >= 0.6 is 23.2 Å². The minimum atomic E-state index is 0.241. The van der Waals surface area contributed by atoms with Gasteiger partial charge in [-0.15, -0.1) is 0 Å². The highest BCUT2D eigenvalue weighted by Gasteiger charge is 2.39. The van der Waals surface area contributed by atoms with E-state index in [9.17, 15) is 0 Å². The van der Waals surface area contributed by atoms with Crippen molar-refractivity contribution >= 4 is 40.1 Å². The van der Waals surface area contributed by atoms with Crippen molar-refractivity contribution in [2.24, 2.45) is 0 Å². The van der Waals surface area contributed by atoms with Crippen molar-refractivity contribution in [3.63, 3.8) is 0 Å². The maximum Gasteiger partial charge on any atom is 0.147 e. The third kappa shape index (κ3) is 2.42. The zero-order valence-electron chi connectivity index (χ0n) is 12.2. The summed E-state index contributed by atoms with van der Waals surface area (Å²) in [5.41, 5.74) is 1.51. The van der Waals surface area contributed by atoms with E-state index in [0.717, 1.165) is 43.1 Å². The third-order valence-electron chi connectivity index (χ3n) is 4.47. The predicted molar refractivity (Wildman–Crippen MR) is 87.9 cm³/mol. The van der Waals surface area contributed by atoms with Crippen molar-refractivity contribution in [3.8, 4) is 0 Å². The molecule has 22 heavy (non-hydrogen) atoms. The number of benzene rings is 1. The topological polar surface area (TPSA) is 41.5 Å². The van der Waals surface area contributed by atoms with E-state index in [-0.39, 0.29) is 6.10 Å². The number of hydrogen-bond donors (Lipinski definition) is 0. The molecule has 2 fully saturated rings. The van der Waals surface area contributed by atoms with Crippen molar-refractivity contribution in [1.29, 1.82) is 0 Å². The van der Waals surface area contributed by atoms with Gasteiger partial charge in [0, 0.05) is 19.6 Å². The molecule has 0 unspecified atom stereocenters. The second-order valence-electron chi connectivity index (χ2n) is 5.85. The molecule has 0 bridgehead atoms. The number of morpholine rings is 1. The number of fused-ring (bicyclic) bond motifs is 2. The van der Waals surface area contributed by atoms with E-state index >= 15 is 0 Å². The molecule has 5 nitrogen and oxygen atoms in total. The van der Waals surface area contributed by atoms with E-state index in [1.165, 1.54) is 0 Å². The van der Waals surface area contributed by atoms with Crippen molar-refractivity contribution in [2.45, 2.75) is 12.1 Å². The van der Waals surface area contributed by atoms with Gasteiger partial charge in [-0.2, -0.15) is 0 Å². The molecule has 0 aliphatic carbocycles. The van der Waals surface area contributed by atoms with E-state index in [4.69, 9.17) is 27.9 Å². The summed E-state index contributed by atoms with van der Waals surface area (Å²) in [6.07, 6.45) is 2.04. The summed E-state index contributed by atoms with van der Waals surface area (Å²) in [7, 11) is 2.15. The second kappa shape index (κ2) is 5.49. The van der Waals surface area contributed by atoms with E-state index in [0.29, 0.717) is 16.1 Å². The summed E-state index contributed by atoms with van der Waals surface area (Å²) in [5.74, 6) is 0.859. The smallest absolute Gasteiger partial charge is 0.147 e. The first kappa shape index (κ1) is 14.5. The molecule has 116 valence electrons. The highest BCUT2D eigenvalue weighted by Crippen LogP contribution is 2.29.